The van der Waals surface area contributed by atoms with Crippen LogP contribution in [0.4, 0.5) is 10.1 Å². The third-order valence-corrected chi connectivity index (χ3v) is 7.53. The van der Waals surface area contributed by atoms with Gasteiger partial charge in [-0.3, -0.25) is 4.79 Å². The van der Waals surface area contributed by atoms with Crippen molar-refractivity contribution in [2.75, 3.05) is 4.90 Å². The lowest BCUT2D eigenvalue weighted by molar-refractivity contribution is -0.121. The number of amides is 1. The number of carboxylic acid groups (broad SMARTS) is 1. The highest BCUT2D eigenvalue weighted by Gasteiger charge is 2.77. The highest BCUT2D eigenvalue weighted by molar-refractivity contribution is 6.12. The molecule has 0 saturated heterocycles. The molecule has 1 amide bonds. The van der Waals surface area contributed by atoms with E-state index in [2.05, 4.69) is 19.9 Å². The molecule has 1 spiro atoms. The number of nitriles is 1. The number of carboxylic acids is 1. The Hall–Kier alpha value is -3.98. The van der Waals surface area contributed by atoms with Gasteiger partial charge in [0.25, 0.3) is 0 Å². The second-order valence-electron chi connectivity index (χ2n) is 9.46. The number of hydrogen-bond acceptors (Lipinski definition) is 3. The number of benzene rings is 3. The summed E-state index contributed by atoms with van der Waals surface area (Å²) < 4.78 is 14.5. The van der Waals surface area contributed by atoms with Crippen molar-refractivity contribution in [2.24, 2.45) is 5.92 Å². The standard InChI is InChI=1S/C28H23FN2O3/c1-17(2)27(21-8-6-18(14-30)7-9-21)16-28(27)23-13-22(29)10-11-24(23)31(26(28)34)15-19-4-3-5-20(12-19)25(32)33/h3-13,17H,15-16H2,1-2H3,(H,32,33)/t27-,28?/m0/s1. The van der Waals surface area contributed by atoms with Crippen molar-refractivity contribution in [3.63, 3.8) is 0 Å². The average molecular weight is 455 g/mol. The Morgan fingerprint density at radius 2 is 1.88 bits per heavy atom. The number of carbonyl (C=O) groups is 2. The quantitative estimate of drug-likeness (QED) is 0.576. The van der Waals surface area contributed by atoms with E-state index in [1.54, 1.807) is 41.3 Å². The zero-order valence-electron chi connectivity index (χ0n) is 18.9. The summed E-state index contributed by atoms with van der Waals surface area (Å²) in [4.78, 5) is 27.2. The maximum absolute atomic E-state index is 14.5. The summed E-state index contributed by atoms with van der Waals surface area (Å²) >= 11 is 0. The van der Waals surface area contributed by atoms with Gasteiger partial charge in [0.1, 0.15) is 5.82 Å². The number of anilines is 1. The van der Waals surface area contributed by atoms with Gasteiger partial charge in [-0.1, -0.05) is 38.1 Å². The molecule has 3 aromatic rings. The molecule has 3 aromatic carbocycles. The molecule has 1 saturated carbocycles. The van der Waals surface area contributed by atoms with Gasteiger partial charge in [-0.15, -0.1) is 0 Å². The number of halogens is 1. The predicted octanol–water partition coefficient (Wildman–Crippen LogP) is 5.18. The summed E-state index contributed by atoms with van der Waals surface area (Å²) in [6.45, 7) is 4.33. The Balaban J connectivity index is 1.62. The number of fused-ring (bicyclic) bond motifs is 2. The second-order valence-corrected chi connectivity index (χ2v) is 9.46. The van der Waals surface area contributed by atoms with Crippen molar-refractivity contribution in [1.29, 1.82) is 5.26 Å². The molecule has 2 aliphatic rings. The molecule has 5 rings (SSSR count). The van der Waals surface area contributed by atoms with Gasteiger partial charge in [-0.25, -0.2) is 9.18 Å². The summed E-state index contributed by atoms with van der Waals surface area (Å²) in [5.74, 6) is -1.46. The van der Waals surface area contributed by atoms with Crippen LogP contribution in [0.1, 0.15) is 52.9 Å². The molecule has 1 N–H and O–H groups in total. The van der Waals surface area contributed by atoms with E-state index >= 15 is 0 Å². The molecule has 2 atom stereocenters. The molecular formula is C28H23FN2O3. The van der Waals surface area contributed by atoms with Crippen LogP contribution in [0.15, 0.2) is 66.7 Å². The molecule has 1 fully saturated rings. The van der Waals surface area contributed by atoms with Gasteiger partial charge < -0.3 is 10.0 Å². The van der Waals surface area contributed by atoms with E-state index in [-0.39, 0.29) is 23.9 Å². The number of hydrogen-bond donors (Lipinski definition) is 1. The minimum atomic E-state index is -1.03. The highest BCUT2D eigenvalue weighted by Crippen LogP contribution is 2.73. The molecule has 1 heterocycles. The Morgan fingerprint density at radius 3 is 2.53 bits per heavy atom. The van der Waals surface area contributed by atoms with E-state index in [1.807, 2.05) is 12.1 Å². The van der Waals surface area contributed by atoms with Crippen LogP contribution in [0, 0.1) is 23.1 Å². The topological polar surface area (TPSA) is 81.4 Å². The molecule has 34 heavy (non-hydrogen) atoms. The lowest BCUT2D eigenvalue weighted by Gasteiger charge is -2.27. The number of carbonyl (C=O) groups excluding carboxylic acids is 1. The van der Waals surface area contributed by atoms with Gasteiger partial charge in [-0.05, 0) is 71.5 Å². The van der Waals surface area contributed by atoms with Crippen molar-refractivity contribution in [3.05, 3.63) is 100 Å². The molecule has 0 bridgehead atoms. The van der Waals surface area contributed by atoms with Crippen molar-refractivity contribution < 1.29 is 19.1 Å². The second kappa shape index (κ2) is 7.53. The van der Waals surface area contributed by atoms with Crippen LogP contribution >= 0.6 is 0 Å². The highest BCUT2D eigenvalue weighted by atomic mass is 19.1. The first-order valence-electron chi connectivity index (χ1n) is 11.2. The predicted molar refractivity (Wildman–Crippen MR) is 125 cm³/mol. The molecule has 5 nitrogen and oxygen atoms in total. The molecule has 1 aliphatic heterocycles. The molecule has 1 aliphatic carbocycles. The molecule has 170 valence electrons. The lowest BCUT2D eigenvalue weighted by Crippen LogP contribution is -2.38. The summed E-state index contributed by atoms with van der Waals surface area (Å²) in [6, 6.07) is 20.4. The smallest absolute Gasteiger partial charge is 0.335 e. The van der Waals surface area contributed by atoms with Crippen LogP contribution < -0.4 is 4.90 Å². The first kappa shape index (κ1) is 21.8. The largest absolute Gasteiger partial charge is 0.478 e. The summed E-state index contributed by atoms with van der Waals surface area (Å²) in [5, 5.41) is 18.6. The maximum atomic E-state index is 14.5. The van der Waals surface area contributed by atoms with Gasteiger partial charge in [0.15, 0.2) is 0 Å². The van der Waals surface area contributed by atoms with Crippen LogP contribution in [0.2, 0.25) is 0 Å². The van der Waals surface area contributed by atoms with E-state index in [1.165, 1.54) is 18.2 Å². The van der Waals surface area contributed by atoms with Crippen molar-refractivity contribution in [1.82, 2.24) is 0 Å². The lowest BCUT2D eigenvalue weighted by atomic mass is 9.75. The zero-order valence-corrected chi connectivity index (χ0v) is 18.9. The molecule has 1 unspecified atom stereocenters. The van der Waals surface area contributed by atoms with Crippen LogP contribution in [0.25, 0.3) is 0 Å². The Morgan fingerprint density at radius 1 is 1.15 bits per heavy atom. The van der Waals surface area contributed by atoms with Crippen LogP contribution in [-0.4, -0.2) is 17.0 Å². The number of aromatic carboxylic acids is 1. The van der Waals surface area contributed by atoms with Gasteiger partial charge in [0.2, 0.25) is 5.91 Å². The normalized spacial score (nSPS) is 22.7. The van der Waals surface area contributed by atoms with E-state index in [0.717, 1.165) is 5.56 Å². The fourth-order valence-electron chi connectivity index (χ4n) is 5.88. The molecule has 0 radical (unpaired) electrons. The molecular weight excluding hydrogens is 431 g/mol. The van der Waals surface area contributed by atoms with Crippen LogP contribution in [-0.2, 0) is 22.2 Å². The number of nitrogens with zero attached hydrogens (tertiary/aromatic N) is 2. The summed E-state index contributed by atoms with van der Waals surface area (Å²) in [5.41, 5.74) is 2.23. The fourth-order valence-corrected chi connectivity index (χ4v) is 5.88. The maximum Gasteiger partial charge on any atom is 0.335 e. The minimum Gasteiger partial charge on any atom is -0.478 e. The van der Waals surface area contributed by atoms with Gasteiger partial charge in [-0.2, -0.15) is 5.26 Å². The Labute approximate surface area is 197 Å². The van der Waals surface area contributed by atoms with E-state index in [9.17, 15) is 24.3 Å². The van der Waals surface area contributed by atoms with Crippen molar-refractivity contribution in [3.8, 4) is 6.07 Å². The average Bonchev–Trinajstić information content (AvgIpc) is 3.50. The Kier molecular flexibility index (Phi) is 4.84. The molecule has 6 heteroatoms. The van der Waals surface area contributed by atoms with Gasteiger partial charge in [0, 0.05) is 11.1 Å². The van der Waals surface area contributed by atoms with Crippen molar-refractivity contribution in [2.45, 2.75) is 37.6 Å². The zero-order chi connectivity index (χ0) is 24.3. The fraction of sp³-hybridized carbons (Fsp3) is 0.250. The van der Waals surface area contributed by atoms with E-state index in [0.29, 0.717) is 28.8 Å². The minimum absolute atomic E-state index is 0.0794. The number of rotatable bonds is 5. The monoisotopic (exact) mass is 454 g/mol. The third-order valence-electron chi connectivity index (χ3n) is 7.53. The third kappa shape index (κ3) is 2.90. The summed E-state index contributed by atoms with van der Waals surface area (Å²) in [7, 11) is 0. The SMILES string of the molecule is CC(C)[C@]1(c2ccc(C#N)cc2)CC12C(=O)N(Cc1cccc(C(=O)O)c1)c1ccc(F)cc12. The molecule has 0 aromatic heterocycles. The van der Waals surface area contributed by atoms with E-state index in [4.69, 9.17) is 0 Å². The first-order chi connectivity index (χ1) is 16.2. The Bertz CT molecular complexity index is 1380. The van der Waals surface area contributed by atoms with Crippen molar-refractivity contribution >= 4 is 17.6 Å². The summed E-state index contributed by atoms with van der Waals surface area (Å²) in [6.07, 6.45) is 0.546. The van der Waals surface area contributed by atoms with Crippen LogP contribution in [0.5, 0.6) is 0 Å². The van der Waals surface area contributed by atoms with E-state index < -0.39 is 22.6 Å². The van der Waals surface area contributed by atoms with Gasteiger partial charge >= 0.3 is 5.97 Å². The van der Waals surface area contributed by atoms with Crippen LogP contribution in [0.3, 0.4) is 0 Å². The first-order valence-corrected chi connectivity index (χ1v) is 11.2. The van der Waals surface area contributed by atoms with Gasteiger partial charge in [0.05, 0.1) is 29.2 Å².